The number of benzene rings is 1. The number of piperidine rings is 1. The van der Waals surface area contributed by atoms with Gasteiger partial charge in [-0.05, 0) is 62.6 Å². The van der Waals surface area contributed by atoms with Crippen LogP contribution in [0.25, 0.3) is 0 Å². The van der Waals surface area contributed by atoms with Gasteiger partial charge in [0.25, 0.3) is 0 Å². The Bertz CT molecular complexity index is 659. The Hall–Kier alpha value is -1.59. The molecule has 0 spiro atoms. The summed E-state index contributed by atoms with van der Waals surface area (Å²) in [5.74, 6) is 1.75. The first kappa shape index (κ1) is 19.7. The summed E-state index contributed by atoms with van der Waals surface area (Å²) in [6.45, 7) is 9.61. The van der Waals surface area contributed by atoms with Crippen molar-refractivity contribution >= 4 is 5.96 Å². The highest BCUT2D eigenvalue weighted by molar-refractivity contribution is 5.80. The standard InChI is InChI=1S/C23H36N4O/c1-3-24-23(26-21-13-20-10-11-22(21)28-20)25-14-18-6-8-19(9-7-18)16-27-12-4-5-17(2)15-27/h6-9,17,20-22H,3-5,10-16H2,1-2H3,(H2,24,25,26). The van der Waals surface area contributed by atoms with Gasteiger partial charge in [0, 0.05) is 19.6 Å². The highest BCUT2D eigenvalue weighted by Gasteiger charge is 2.41. The molecule has 3 aliphatic heterocycles. The lowest BCUT2D eigenvalue weighted by molar-refractivity contribution is 0.0992. The molecule has 4 rings (SSSR count). The summed E-state index contributed by atoms with van der Waals surface area (Å²) in [6, 6.07) is 9.42. The smallest absolute Gasteiger partial charge is 0.191 e. The number of fused-ring (bicyclic) bond motifs is 2. The zero-order chi connectivity index (χ0) is 19.3. The topological polar surface area (TPSA) is 48.9 Å². The maximum Gasteiger partial charge on any atom is 0.191 e. The van der Waals surface area contributed by atoms with Crippen molar-refractivity contribution in [2.45, 2.75) is 77.3 Å². The quantitative estimate of drug-likeness (QED) is 0.584. The van der Waals surface area contributed by atoms with Gasteiger partial charge in [-0.25, -0.2) is 4.99 Å². The van der Waals surface area contributed by atoms with Gasteiger partial charge in [0.05, 0.1) is 24.8 Å². The molecule has 154 valence electrons. The predicted octanol–water partition coefficient (Wildman–Crippen LogP) is 3.29. The predicted molar refractivity (Wildman–Crippen MR) is 114 cm³/mol. The van der Waals surface area contributed by atoms with Gasteiger partial charge in [-0.15, -0.1) is 0 Å². The molecule has 2 N–H and O–H groups in total. The van der Waals surface area contributed by atoms with Crippen molar-refractivity contribution in [1.82, 2.24) is 15.5 Å². The van der Waals surface area contributed by atoms with E-state index >= 15 is 0 Å². The molecule has 5 heteroatoms. The number of nitrogens with zero attached hydrogens (tertiary/aromatic N) is 2. The molecule has 3 fully saturated rings. The Kier molecular flexibility index (Phi) is 6.53. The second kappa shape index (κ2) is 9.27. The summed E-state index contributed by atoms with van der Waals surface area (Å²) in [5.41, 5.74) is 2.67. The molecule has 3 saturated heterocycles. The highest BCUT2D eigenvalue weighted by atomic mass is 16.5. The summed E-state index contributed by atoms with van der Waals surface area (Å²) in [4.78, 5) is 7.40. The van der Waals surface area contributed by atoms with E-state index in [1.54, 1.807) is 0 Å². The molecule has 5 nitrogen and oxygen atoms in total. The number of hydrogen-bond acceptors (Lipinski definition) is 3. The van der Waals surface area contributed by atoms with Gasteiger partial charge in [0.2, 0.25) is 0 Å². The van der Waals surface area contributed by atoms with Crippen LogP contribution >= 0.6 is 0 Å². The van der Waals surface area contributed by atoms with Crippen molar-refractivity contribution in [3.05, 3.63) is 35.4 Å². The minimum atomic E-state index is 0.366. The van der Waals surface area contributed by atoms with Crippen LogP contribution in [0.15, 0.2) is 29.3 Å². The molecule has 0 amide bonds. The van der Waals surface area contributed by atoms with E-state index in [0.717, 1.165) is 31.4 Å². The first-order chi connectivity index (χ1) is 13.7. The van der Waals surface area contributed by atoms with Gasteiger partial charge in [-0.2, -0.15) is 0 Å². The van der Waals surface area contributed by atoms with Gasteiger partial charge in [0.1, 0.15) is 0 Å². The van der Waals surface area contributed by atoms with Crippen molar-refractivity contribution in [3.63, 3.8) is 0 Å². The summed E-state index contributed by atoms with van der Waals surface area (Å²) in [7, 11) is 0. The maximum atomic E-state index is 5.96. The van der Waals surface area contributed by atoms with Crippen molar-refractivity contribution < 1.29 is 4.74 Å². The van der Waals surface area contributed by atoms with Crippen LogP contribution in [0.1, 0.15) is 57.1 Å². The van der Waals surface area contributed by atoms with E-state index in [9.17, 15) is 0 Å². The van der Waals surface area contributed by atoms with Gasteiger partial charge in [-0.1, -0.05) is 31.2 Å². The number of rotatable bonds is 6. The first-order valence-corrected chi connectivity index (χ1v) is 11.2. The SMILES string of the molecule is CCNC(=NCc1ccc(CN2CCCC(C)C2)cc1)NC1CC2CCC1O2. The Morgan fingerprint density at radius 3 is 2.68 bits per heavy atom. The number of guanidine groups is 1. The molecule has 0 radical (unpaired) electrons. The molecule has 2 bridgehead atoms. The van der Waals surface area contributed by atoms with Crippen molar-refractivity contribution in [3.8, 4) is 0 Å². The summed E-state index contributed by atoms with van der Waals surface area (Å²) < 4.78 is 5.96. The molecule has 1 aromatic carbocycles. The summed E-state index contributed by atoms with van der Waals surface area (Å²) >= 11 is 0. The molecule has 0 aliphatic carbocycles. The zero-order valence-electron chi connectivity index (χ0n) is 17.5. The van der Waals surface area contributed by atoms with Gasteiger partial charge in [-0.3, -0.25) is 4.90 Å². The number of nitrogens with one attached hydrogen (secondary N) is 2. The average Bonchev–Trinajstić information content (AvgIpc) is 3.31. The molecule has 4 atom stereocenters. The number of hydrogen-bond donors (Lipinski definition) is 2. The third-order valence-corrected chi connectivity index (χ3v) is 6.36. The van der Waals surface area contributed by atoms with E-state index in [2.05, 4.69) is 53.6 Å². The molecule has 3 heterocycles. The number of aliphatic imine (C=N–C) groups is 1. The molecule has 0 saturated carbocycles. The molecule has 0 aromatic heterocycles. The average molecular weight is 385 g/mol. The van der Waals surface area contributed by atoms with Crippen LogP contribution in [-0.4, -0.2) is 48.7 Å². The van der Waals surface area contributed by atoms with Gasteiger partial charge in [0.15, 0.2) is 5.96 Å². The zero-order valence-corrected chi connectivity index (χ0v) is 17.5. The molecule has 1 aromatic rings. The van der Waals surface area contributed by atoms with E-state index in [0.29, 0.717) is 24.8 Å². The molecule has 4 unspecified atom stereocenters. The lowest BCUT2D eigenvalue weighted by Gasteiger charge is -2.30. The monoisotopic (exact) mass is 384 g/mol. The molecule has 3 aliphatic rings. The Morgan fingerprint density at radius 2 is 2.00 bits per heavy atom. The summed E-state index contributed by atoms with van der Waals surface area (Å²) in [5, 5.41) is 6.98. The second-order valence-electron chi connectivity index (χ2n) is 8.85. The second-order valence-corrected chi connectivity index (χ2v) is 8.85. The first-order valence-electron chi connectivity index (χ1n) is 11.2. The maximum absolute atomic E-state index is 5.96. The molecular formula is C23H36N4O. The van der Waals surface area contributed by atoms with E-state index in [1.165, 1.54) is 49.9 Å². The van der Waals surface area contributed by atoms with Crippen LogP contribution < -0.4 is 10.6 Å². The van der Waals surface area contributed by atoms with E-state index < -0.39 is 0 Å². The highest BCUT2D eigenvalue weighted by Crippen LogP contribution is 2.34. The third-order valence-electron chi connectivity index (χ3n) is 6.36. The van der Waals surface area contributed by atoms with Crippen molar-refractivity contribution in [2.75, 3.05) is 19.6 Å². The van der Waals surface area contributed by atoms with Crippen LogP contribution in [0.3, 0.4) is 0 Å². The molecular weight excluding hydrogens is 348 g/mol. The minimum Gasteiger partial charge on any atom is -0.373 e. The fraction of sp³-hybridized carbons (Fsp3) is 0.696. The van der Waals surface area contributed by atoms with Crippen molar-refractivity contribution in [1.29, 1.82) is 0 Å². The van der Waals surface area contributed by atoms with Crippen LogP contribution in [0.5, 0.6) is 0 Å². The lowest BCUT2D eigenvalue weighted by atomic mass is 9.96. The van der Waals surface area contributed by atoms with E-state index in [4.69, 9.17) is 9.73 Å². The van der Waals surface area contributed by atoms with Crippen LogP contribution in [-0.2, 0) is 17.8 Å². The van der Waals surface area contributed by atoms with Gasteiger partial charge >= 0.3 is 0 Å². The van der Waals surface area contributed by atoms with Crippen LogP contribution in [0.2, 0.25) is 0 Å². The largest absolute Gasteiger partial charge is 0.373 e. The fourth-order valence-corrected chi connectivity index (χ4v) is 4.89. The van der Waals surface area contributed by atoms with Crippen LogP contribution in [0, 0.1) is 5.92 Å². The van der Waals surface area contributed by atoms with Gasteiger partial charge < -0.3 is 15.4 Å². The minimum absolute atomic E-state index is 0.366. The van der Waals surface area contributed by atoms with Crippen molar-refractivity contribution in [2.24, 2.45) is 10.9 Å². The Balaban J connectivity index is 1.30. The number of ether oxygens (including phenoxy) is 1. The Morgan fingerprint density at radius 1 is 1.18 bits per heavy atom. The molecule has 28 heavy (non-hydrogen) atoms. The Labute approximate surface area is 169 Å². The van der Waals surface area contributed by atoms with E-state index in [1.807, 2.05) is 0 Å². The normalized spacial score (nSPS) is 30.6. The fourth-order valence-electron chi connectivity index (χ4n) is 4.89. The summed E-state index contributed by atoms with van der Waals surface area (Å²) in [6.07, 6.45) is 7.05. The van der Waals surface area contributed by atoms with E-state index in [-0.39, 0.29) is 0 Å². The van der Waals surface area contributed by atoms with Crippen LogP contribution in [0.4, 0.5) is 0 Å². The third kappa shape index (κ3) is 5.06. The lowest BCUT2D eigenvalue weighted by Crippen LogP contribution is -2.47. The number of likely N-dealkylation sites (tertiary alicyclic amines) is 1.